The van der Waals surface area contributed by atoms with E-state index in [1.807, 2.05) is 0 Å². The molecule has 0 aromatic rings. The summed E-state index contributed by atoms with van der Waals surface area (Å²) in [5, 5.41) is 0. The van der Waals surface area contributed by atoms with Crippen LogP contribution in [0, 0.1) is 0 Å². The molecule has 1 aliphatic carbocycles. The lowest BCUT2D eigenvalue weighted by molar-refractivity contribution is 0.0151. The number of hydrogen-bond acceptors (Lipinski definition) is 3. The van der Waals surface area contributed by atoms with Gasteiger partial charge in [-0.1, -0.05) is 18.1 Å². The Balaban J connectivity index is 2.28. The molecule has 0 saturated carbocycles. The van der Waals surface area contributed by atoms with Crippen molar-refractivity contribution in [1.82, 2.24) is 5.43 Å². The molecule has 0 spiro atoms. The Hall–Kier alpha value is -0.520. The molecule has 3 N–H and O–H groups in total. The molecule has 1 atom stereocenters. The summed E-state index contributed by atoms with van der Waals surface area (Å²) in [7, 11) is 0. The van der Waals surface area contributed by atoms with Crippen molar-refractivity contribution >= 4 is 0 Å². The molecular formula is C12H22F2N2O. The number of hydrazine groups is 1. The zero-order chi connectivity index (χ0) is 12.5. The molecule has 1 aliphatic rings. The lowest BCUT2D eigenvalue weighted by Crippen LogP contribution is -2.37. The Morgan fingerprint density at radius 2 is 2.18 bits per heavy atom. The highest BCUT2D eigenvalue weighted by Crippen LogP contribution is 2.21. The van der Waals surface area contributed by atoms with Crippen molar-refractivity contribution in [3.8, 4) is 0 Å². The molecule has 0 radical (unpaired) electrons. The second-order valence-corrected chi connectivity index (χ2v) is 4.35. The van der Waals surface area contributed by atoms with Gasteiger partial charge in [0.25, 0.3) is 6.43 Å². The highest BCUT2D eigenvalue weighted by atomic mass is 19.3. The fourth-order valence-corrected chi connectivity index (χ4v) is 2.11. The van der Waals surface area contributed by atoms with E-state index >= 15 is 0 Å². The maximum Gasteiger partial charge on any atom is 0.261 e. The van der Waals surface area contributed by atoms with Gasteiger partial charge in [0.1, 0.15) is 6.61 Å². The number of alkyl halides is 2. The van der Waals surface area contributed by atoms with Gasteiger partial charge in [-0.2, -0.15) is 0 Å². The van der Waals surface area contributed by atoms with Crippen LogP contribution in [0.15, 0.2) is 11.6 Å². The summed E-state index contributed by atoms with van der Waals surface area (Å²) in [5.41, 5.74) is 4.05. The summed E-state index contributed by atoms with van der Waals surface area (Å²) in [5.74, 6) is 5.50. The molecule has 0 amide bonds. The fourth-order valence-electron chi connectivity index (χ4n) is 2.11. The molecule has 0 bridgehead atoms. The van der Waals surface area contributed by atoms with Crippen molar-refractivity contribution in [3.05, 3.63) is 11.6 Å². The van der Waals surface area contributed by atoms with E-state index in [4.69, 9.17) is 10.6 Å². The summed E-state index contributed by atoms with van der Waals surface area (Å²) in [4.78, 5) is 0. The standard InChI is InChI=1S/C12H22F2N2O/c13-12(14)9-17-8-7-11(16-15)10-5-3-1-2-4-6-10/h5,11-12,16H,1-4,6-9,15H2. The molecule has 0 heterocycles. The first kappa shape index (κ1) is 14.5. The van der Waals surface area contributed by atoms with Crippen LogP contribution in [0.3, 0.4) is 0 Å². The largest absolute Gasteiger partial charge is 0.375 e. The maximum absolute atomic E-state index is 11.9. The lowest BCUT2D eigenvalue weighted by Gasteiger charge is -2.19. The van der Waals surface area contributed by atoms with E-state index in [0.717, 1.165) is 12.8 Å². The van der Waals surface area contributed by atoms with Crippen molar-refractivity contribution in [2.45, 2.75) is 51.0 Å². The molecule has 1 rings (SSSR count). The van der Waals surface area contributed by atoms with Gasteiger partial charge in [-0.3, -0.25) is 11.3 Å². The van der Waals surface area contributed by atoms with Gasteiger partial charge < -0.3 is 4.74 Å². The first-order valence-electron chi connectivity index (χ1n) is 6.25. The van der Waals surface area contributed by atoms with Crippen molar-refractivity contribution in [2.24, 2.45) is 5.84 Å². The third-order valence-electron chi connectivity index (χ3n) is 3.02. The van der Waals surface area contributed by atoms with E-state index in [0.29, 0.717) is 13.0 Å². The maximum atomic E-state index is 11.9. The van der Waals surface area contributed by atoms with E-state index < -0.39 is 13.0 Å². The number of nitrogens with one attached hydrogen (secondary N) is 1. The van der Waals surface area contributed by atoms with Crippen molar-refractivity contribution < 1.29 is 13.5 Å². The summed E-state index contributed by atoms with van der Waals surface area (Å²) in [6, 6.07) is 0.0609. The number of hydrogen-bond donors (Lipinski definition) is 2. The van der Waals surface area contributed by atoms with Gasteiger partial charge in [0, 0.05) is 12.6 Å². The average molecular weight is 248 g/mol. The second kappa shape index (κ2) is 8.55. The quantitative estimate of drug-likeness (QED) is 0.315. The van der Waals surface area contributed by atoms with E-state index in [2.05, 4.69) is 11.5 Å². The molecular weight excluding hydrogens is 226 g/mol. The second-order valence-electron chi connectivity index (χ2n) is 4.35. The van der Waals surface area contributed by atoms with Crippen LogP contribution in [-0.2, 0) is 4.74 Å². The van der Waals surface area contributed by atoms with Gasteiger partial charge in [0.05, 0.1) is 0 Å². The zero-order valence-corrected chi connectivity index (χ0v) is 10.1. The fraction of sp³-hybridized carbons (Fsp3) is 0.833. The van der Waals surface area contributed by atoms with E-state index in [1.165, 1.54) is 24.8 Å². The van der Waals surface area contributed by atoms with Gasteiger partial charge in [-0.05, 0) is 32.1 Å². The normalized spacial score (nSPS) is 18.9. The minimum absolute atomic E-state index is 0.0609. The summed E-state index contributed by atoms with van der Waals surface area (Å²) < 4.78 is 28.6. The van der Waals surface area contributed by atoms with Crippen LogP contribution in [-0.4, -0.2) is 25.7 Å². The lowest BCUT2D eigenvalue weighted by atomic mass is 10.0. The third-order valence-corrected chi connectivity index (χ3v) is 3.02. The first-order valence-corrected chi connectivity index (χ1v) is 6.25. The molecule has 100 valence electrons. The van der Waals surface area contributed by atoms with Gasteiger partial charge in [-0.25, -0.2) is 8.78 Å². The molecule has 17 heavy (non-hydrogen) atoms. The Bertz CT molecular complexity index is 235. The number of ether oxygens (including phenoxy) is 1. The minimum atomic E-state index is -2.39. The van der Waals surface area contributed by atoms with Gasteiger partial charge in [-0.15, -0.1) is 0 Å². The molecule has 0 fully saturated rings. The third kappa shape index (κ3) is 6.10. The van der Waals surface area contributed by atoms with Crippen molar-refractivity contribution in [3.63, 3.8) is 0 Å². The van der Waals surface area contributed by atoms with Crippen LogP contribution in [0.4, 0.5) is 8.78 Å². The van der Waals surface area contributed by atoms with Crippen molar-refractivity contribution in [1.29, 1.82) is 0 Å². The molecule has 5 heteroatoms. The van der Waals surface area contributed by atoms with Crippen LogP contribution in [0.5, 0.6) is 0 Å². The smallest absolute Gasteiger partial charge is 0.261 e. The Morgan fingerprint density at radius 3 is 2.88 bits per heavy atom. The topological polar surface area (TPSA) is 47.3 Å². The molecule has 0 aliphatic heterocycles. The summed E-state index contributed by atoms with van der Waals surface area (Å²) >= 11 is 0. The highest BCUT2D eigenvalue weighted by molar-refractivity contribution is 5.11. The van der Waals surface area contributed by atoms with Crippen molar-refractivity contribution in [2.75, 3.05) is 13.2 Å². The predicted molar refractivity (Wildman–Crippen MR) is 63.7 cm³/mol. The van der Waals surface area contributed by atoms with Crippen LogP contribution in [0.1, 0.15) is 38.5 Å². The predicted octanol–water partition coefficient (Wildman–Crippen LogP) is 2.38. The number of allylic oxidation sites excluding steroid dienone is 1. The SMILES string of the molecule is NNC(CCOCC(F)F)C1=CCCCCC1. The highest BCUT2D eigenvalue weighted by Gasteiger charge is 2.14. The summed E-state index contributed by atoms with van der Waals surface area (Å²) in [6.07, 6.45) is 6.27. The Kier molecular flexibility index (Phi) is 7.32. The zero-order valence-electron chi connectivity index (χ0n) is 10.1. The van der Waals surface area contributed by atoms with Gasteiger partial charge in [0.15, 0.2) is 0 Å². The minimum Gasteiger partial charge on any atom is -0.375 e. The van der Waals surface area contributed by atoms with Gasteiger partial charge >= 0.3 is 0 Å². The first-order chi connectivity index (χ1) is 8.24. The number of halogens is 2. The number of nitrogens with two attached hydrogens (primary N) is 1. The number of rotatable bonds is 7. The molecule has 0 saturated heterocycles. The van der Waals surface area contributed by atoms with Crippen LogP contribution in [0.25, 0.3) is 0 Å². The Labute approximate surface area is 101 Å². The molecule has 1 unspecified atom stereocenters. The van der Waals surface area contributed by atoms with Gasteiger partial charge in [0.2, 0.25) is 0 Å². The van der Waals surface area contributed by atoms with Crippen LogP contribution < -0.4 is 11.3 Å². The molecule has 0 aromatic heterocycles. The van der Waals surface area contributed by atoms with E-state index in [-0.39, 0.29) is 6.04 Å². The molecule has 3 nitrogen and oxygen atoms in total. The van der Waals surface area contributed by atoms with E-state index in [1.54, 1.807) is 0 Å². The van der Waals surface area contributed by atoms with Crippen LogP contribution in [0.2, 0.25) is 0 Å². The molecule has 0 aromatic carbocycles. The average Bonchev–Trinajstić information content (AvgIpc) is 2.57. The van der Waals surface area contributed by atoms with Crippen LogP contribution >= 0.6 is 0 Å². The summed E-state index contributed by atoms with van der Waals surface area (Å²) in [6.45, 7) is -0.174. The Morgan fingerprint density at radius 1 is 1.35 bits per heavy atom. The van der Waals surface area contributed by atoms with E-state index in [9.17, 15) is 8.78 Å². The monoisotopic (exact) mass is 248 g/mol.